The van der Waals surface area contributed by atoms with Gasteiger partial charge in [-0.15, -0.1) is 0 Å². The van der Waals surface area contributed by atoms with Gasteiger partial charge in [0.25, 0.3) is 5.91 Å². The Hall–Kier alpha value is -3.54. The summed E-state index contributed by atoms with van der Waals surface area (Å²) in [5.41, 5.74) is 4.24. The number of fused-ring (bicyclic) bond motifs is 2. The molecule has 1 aliphatic heterocycles. The van der Waals surface area contributed by atoms with Crippen LogP contribution < -0.4 is 0 Å². The van der Waals surface area contributed by atoms with E-state index < -0.39 is 12.8 Å². The van der Waals surface area contributed by atoms with Gasteiger partial charge in [-0.2, -0.15) is 5.10 Å². The van der Waals surface area contributed by atoms with Crippen molar-refractivity contribution in [1.29, 1.82) is 0 Å². The molecule has 0 bridgehead atoms. The van der Waals surface area contributed by atoms with Crippen molar-refractivity contribution >= 4 is 16.8 Å². The first-order valence-corrected chi connectivity index (χ1v) is 9.24. The SMILES string of the molecule is [2H]C([2H])([2H])n1cc2c(-c3cc(C)c(CN4Cc5ncccc5C4=O)c(F)c3)cccc2n1. The van der Waals surface area contributed by atoms with Crippen molar-refractivity contribution in [3.63, 3.8) is 0 Å². The van der Waals surface area contributed by atoms with Gasteiger partial charge in [0.1, 0.15) is 5.82 Å². The van der Waals surface area contributed by atoms with E-state index in [0.717, 1.165) is 4.68 Å². The topological polar surface area (TPSA) is 51.0 Å². The Balaban J connectivity index is 1.50. The number of benzene rings is 2. The van der Waals surface area contributed by atoms with Gasteiger partial charge < -0.3 is 4.90 Å². The van der Waals surface area contributed by atoms with E-state index in [2.05, 4.69) is 10.1 Å². The first-order valence-electron chi connectivity index (χ1n) is 10.7. The average molecular weight is 389 g/mol. The summed E-state index contributed by atoms with van der Waals surface area (Å²) in [6.07, 6.45) is 3.11. The largest absolute Gasteiger partial charge is 0.328 e. The van der Waals surface area contributed by atoms with Gasteiger partial charge in [-0.25, -0.2) is 4.39 Å². The maximum Gasteiger partial charge on any atom is 0.256 e. The van der Waals surface area contributed by atoms with E-state index >= 15 is 4.39 Å². The number of amides is 1. The zero-order valence-corrected chi connectivity index (χ0v) is 15.7. The van der Waals surface area contributed by atoms with Gasteiger partial charge in [0.05, 0.1) is 23.3 Å². The molecule has 4 aromatic rings. The molecule has 29 heavy (non-hydrogen) atoms. The molecule has 2 aromatic heterocycles. The molecule has 1 amide bonds. The second kappa shape index (κ2) is 6.51. The van der Waals surface area contributed by atoms with E-state index in [1.807, 2.05) is 12.1 Å². The summed E-state index contributed by atoms with van der Waals surface area (Å²) in [5, 5.41) is 4.77. The van der Waals surface area contributed by atoms with Crippen molar-refractivity contribution in [2.24, 2.45) is 6.98 Å². The standard InChI is InChI=1S/C23H19FN4O/c1-14-9-15(16-5-3-7-21-19(16)11-27(2)26-21)10-20(24)18(14)12-28-13-22-17(23(28)29)6-4-8-25-22/h3-11H,12-13H2,1-2H3/i2D3. The third-order valence-corrected chi connectivity index (χ3v) is 5.38. The molecule has 0 fully saturated rings. The highest BCUT2D eigenvalue weighted by atomic mass is 19.1. The number of carbonyl (C=O) groups is 1. The number of aromatic nitrogens is 3. The van der Waals surface area contributed by atoms with Crippen LogP contribution in [-0.4, -0.2) is 25.6 Å². The number of nitrogens with zero attached hydrogens (tertiary/aromatic N) is 4. The fourth-order valence-electron chi connectivity index (χ4n) is 3.92. The molecule has 3 heterocycles. The Morgan fingerprint density at radius 2 is 2.07 bits per heavy atom. The van der Waals surface area contributed by atoms with Crippen LogP contribution in [0.3, 0.4) is 0 Å². The van der Waals surface area contributed by atoms with Crippen LogP contribution in [0, 0.1) is 12.7 Å². The van der Waals surface area contributed by atoms with Gasteiger partial charge in [-0.05, 0) is 47.9 Å². The Labute approximate surface area is 171 Å². The lowest BCUT2D eigenvalue weighted by atomic mass is 9.97. The van der Waals surface area contributed by atoms with Crippen LogP contribution in [-0.2, 0) is 20.1 Å². The smallest absolute Gasteiger partial charge is 0.256 e. The number of halogens is 1. The highest BCUT2D eigenvalue weighted by Crippen LogP contribution is 2.32. The fraction of sp³-hybridized carbons (Fsp3) is 0.174. The van der Waals surface area contributed by atoms with Gasteiger partial charge >= 0.3 is 0 Å². The van der Waals surface area contributed by atoms with E-state index in [4.69, 9.17) is 4.11 Å². The molecular formula is C23H19FN4O. The van der Waals surface area contributed by atoms with E-state index in [9.17, 15) is 4.79 Å². The van der Waals surface area contributed by atoms with Gasteiger partial charge in [0, 0.05) is 41.0 Å². The van der Waals surface area contributed by atoms with Crippen molar-refractivity contribution in [3.8, 4) is 11.1 Å². The summed E-state index contributed by atoms with van der Waals surface area (Å²) >= 11 is 0. The van der Waals surface area contributed by atoms with E-state index in [1.54, 1.807) is 42.3 Å². The fourth-order valence-corrected chi connectivity index (χ4v) is 3.92. The minimum Gasteiger partial charge on any atom is -0.328 e. The molecule has 0 saturated carbocycles. The molecule has 5 rings (SSSR count). The lowest BCUT2D eigenvalue weighted by molar-refractivity contribution is 0.0764. The van der Waals surface area contributed by atoms with Gasteiger partial charge in [0.2, 0.25) is 0 Å². The minimum absolute atomic E-state index is 0.147. The number of rotatable bonds is 3. The van der Waals surface area contributed by atoms with Crippen LogP contribution in [0.2, 0.25) is 0 Å². The van der Waals surface area contributed by atoms with Crippen LogP contribution in [0.1, 0.15) is 31.3 Å². The third kappa shape index (κ3) is 2.88. The van der Waals surface area contributed by atoms with Crippen LogP contribution in [0.25, 0.3) is 22.0 Å². The van der Waals surface area contributed by atoms with Crippen LogP contribution in [0.5, 0.6) is 0 Å². The van der Waals surface area contributed by atoms with Crippen LogP contribution in [0.4, 0.5) is 4.39 Å². The van der Waals surface area contributed by atoms with Gasteiger partial charge in [0.15, 0.2) is 0 Å². The molecular weight excluding hydrogens is 367 g/mol. The van der Waals surface area contributed by atoms with Crippen molar-refractivity contribution in [3.05, 3.63) is 83.1 Å². The van der Waals surface area contributed by atoms with Crippen molar-refractivity contribution in [2.75, 3.05) is 0 Å². The maximum atomic E-state index is 15.2. The lowest BCUT2D eigenvalue weighted by Crippen LogP contribution is -2.24. The molecule has 0 N–H and O–H groups in total. The Bertz CT molecular complexity index is 1360. The number of hydrogen-bond acceptors (Lipinski definition) is 3. The first-order chi connectivity index (χ1) is 15.2. The number of hydrogen-bond donors (Lipinski definition) is 0. The summed E-state index contributed by atoms with van der Waals surface area (Å²) in [6, 6.07) is 12.0. The van der Waals surface area contributed by atoms with E-state index in [-0.39, 0.29) is 12.5 Å². The van der Waals surface area contributed by atoms with Gasteiger partial charge in [-0.1, -0.05) is 18.2 Å². The van der Waals surface area contributed by atoms with Crippen molar-refractivity contribution in [1.82, 2.24) is 19.7 Å². The van der Waals surface area contributed by atoms with E-state index in [0.29, 0.717) is 51.0 Å². The zero-order valence-electron chi connectivity index (χ0n) is 18.7. The molecule has 0 saturated heterocycles. The molecule has 2 aromatic carbocycles. The monoisotopic (exact) mass is 389 g/mol. The highest BCUT2D eigenvalue weighted by Gasteiger charge is 2.29. The summed E-state index contributed by atoms with van der Waals surface area (Å²) in [7, 11) is 0. The summed E-state index contributed by atoms with van der Waals surface area (Å²) in [6.45, 7) is -0.0898. The number of pyridine rings is 1. The normalized spacial score (nSPS) is 15.3. The molecule has 0 atom stereocenters. The van der Waals surface area contributed by atoms with Gasteiger partial charge in [-0.3, -0.25) is 14.5 Å². The molecule has 0 spiro atoms. The third-order valence-electron chi connectivity index (χ3n) is 5.38. The average Bonchev–Trinajstić information content (AvgIpc) is 3.32. The maximum absolute atomic E-state index is 15.2. The lowest BCUT2D eigenvalue weighted by Gasteiger charge is -2.18. The highest BCUT2D eigenvalue weighted by molar-refractivity contribution is 5.98. The first kappa shape index (κ1) is 14.5. The van der Waals surface area contributed by atoms with E-state index in [1.165, 1.54) is 12.3 Å². The van der Waals surface area contributed by atoms with Crippen molar-refractivity contribution < 1.29 is 13.3 Å². The Morgan fingerprint density at radius 1 is 1.21 bits per heavy atom. The second-order valence-corrected chi connectivity index (χ2v) is 7.22. The molecule has 0 aliphatic carbocycles. The molecule has 6 heteroatoms. The second-order valence-electron chi connectivity index (χ2n) is 7.22. The summed E-state index contributed by atoms with van der Waals surface area (Å²) < 4.78 is 38.9. The zero-order chi connectivity index (χ0) is 22.6. The van der Waals surface area contributed by atoms with Crippen molar-refractivity contribution in [2.45, 2.75) is 20.0 Å². The quantitative estimate of drug-likeness (QED) is 0.527. The Morgan fingerprint density at radius 3 is 2.86 bits per heavy atom. The Kier molecular flexibility index (Phi) is 3.25. The molecule has 144 valence electrons. The molecule has 0 unspecified atom stereocenters. The number of aryl methyl sites for hydroxylation is 2. The van der Waals surface area contributed by atoms with Crippen LogP contribution >= 0.6 is 0 Å². The number of carbonyl (C=O) groups excluding carboxylic acids is 1. The summed E-state index contributed by atoms with van der Waals surface area (Å²) in [4.78, 5) is 18.5. The predicted molar refractivity (Wildman–Crippen MR) is 109 cm³/mol. The molecule has 0 radical (unpaired) electrons. The summed E-state index contributed by atoms with van der Waals surface area (Å²) in [5.74, 6) is -0.574. The minimum atomic E-state index is -2.39. The van der Waals surface area contributed by atoms with Crippen LogP contribution in [0.15, 0.2) is 54.9 Å². The molecule has 5 nitrogen and oxygen atoms in total. The molecule has 1 aliphatic rings. The predicted octanol–water partition coefficient (Wildman–Crippen LogP) is 4.24.